The van der Waals surface area contributed by atoms with Gasteiger partial charge in [-0.3, -0.25) is 0 Å². The van der Waals surface area contributed by atoms with E-state index in [1.807, 2.05) is 6.92 Å². The van der Waals surface area contributed by atoms with Crippen molar-refractivity contribution in [2.75, 3.05) is 38.7 Å². The average Bonchev–Trinajstić information content (AvgIpc) is 2.94. The molecule has 1 atom stereocenters. The lowest BCUT2D eigenvalue weighted by Gasteiger charge is -2.18. The van der Waals surface area contributed by atoms with Crippen LogP contribution in [0.2, 0.25) is 10.0 Å². The molecular formula is C15H20Cl2N2O3. The first-order valence-electron chi connectivity index (χ1n) is 7.13. The van der Waals surface area contributed by atoms with Gasteiger partial charge in [0.15, 0.2) is 0 Å². The van der Waals surface area contributed by atoms with E-state index >= 15 is 0 Å². The predicted molar refractivity (Wildman–Crippen MR) is 88.0 cm³/mol. The summed E-state index contributed by atoms with van der Waals surface area (Å²) in [4.78, 5) is 14.0. The fourth-order valence-electron chi connectivity index (χ4n) is 2.28. The average molecular weight is 347 g/mol. The number of nitrogens with one attached hydrogen (secondary N) is 1. The molecule has 0 unspecified atom stereocenters. The normalized spacial score (nSPS) is 17.8. The number of aryl methyl sites for hydroxylation is 1. The lowest BCUT2D eigenvalue weighted by atomic mass is 10.2. The number of halogens is 2. The summed E-state index contributed by atoms with van der Waals surface area (Å²) >= 11 is 12.2. The maximum atomic E-state index is 12.3. The van der Waals surface area contributed by atoms with Crippen LogP contribution in [0.5, 0.6) is 0 Å². The Morgan fingerprint density at radius 2 is 2.14 bits per heavy atom. The van der Waals surface area contributed by atoms with Gasteiger partial charge in [0.2, 0.25) is 0 Å². The number of hydrogen-bond donors (Lipinski definition) is 1. The second-order valence-corrected chi connectivity index (χ2v) is 6.05. The minimum atomic E-state index is -0.195. The van der Waals surface area contributed by atoms with Gasteiger partial charge in [0.05, 0.1) is 30.0 Å². The van der Waals surface area contributed by atoms with E-state index in [2.05, 4.69) is 5.32 Å². The van der Waals surface area contributed by atoms with Crippen LogP contribution in [0.3, 0.4) is 0 Å². The van der Waals surface area contributed by atoms with E-state index in [0.29, 0.717) is 42.0 Å². The maximum absolute atomic E-state index is 12.3. The largest absolute Gasteiger partial charge is 0.382 e. The van der Waals surface area contributed by atoms with Crippen molar-refractivity contribution in [2.45, 2.75) is 19.4 Å². The molecule has 2 rings (SSSR count). The molecule has 0 spiro atoms. The summed E-state index contributed by atoms with van der Waals surface area (Å²) in [5, 5.41) is 3.84. The Labute approximate surface area is 140 Å². The highest BCUT2D eigenvalue weighted by atomic mass is 35.5. The van der Waals surface area contributed by atoms with Crippen LogP contribution in [-0.4, -0.2) is 50.4 Å². The van der Waals surface area contributed by atoms with Gasteiger partial charge in [0.1, 0.15) is 0 Å². The summed E-state index contributed by atoms with van der Waals surface area (Å²) in [5.41, 5.74) is 1.39. The van der Waals surface area contributed by atoms with E-state index in [1.165, 1.54) is 0 Å². The number of ether oxygens (including phenoxy) is 2. The van der Waals surface area contributed by atoms with Crippen molar-refractivity contribution in [3.8, 4) is 0 Å². The zero-order valence-electron chi connectivity index (χ0n) is 12.7. The van der Waals surface area contributed by atoms with Crippen molar-refractivity contribution in [3.05, 3.63) is 27.7 Å². The van der Waals surface area contributed by atoms with Crippen LogP contribution < -0.4 is 5.32 Å². The Bertz CT molecular complexity index is 540. The van der Waals surface area contributed by atoms with Crippen molar-refractivity contribution >= 4 is 34.9 Å². The number of carbonyl (C=O) groups is 1. The second kappa shape index (κ2) is 8.02. The van der Waals surface area contributed by atoms with E-state index in [-0.39, 0.29) is 12.1 Å². The molecule has 1 heterocycles. The maximum Gasteiger partial charge on any atom is 0.321 e. The molecule has 22 heavy (non-hydrogen) atoms. The highest BCUT2D eigenvalue weighted by Gasteiger charge is 2.27. The van der Waals surface area contributed by atoms with Crippen LogP contribution in [-0.2, 0) is 9.47 Å². The van der Waals surface area contributed by atoms with Gasteiger partial charge >= 0.3 is 6.03 Å². The number of carbonyl (C=O) groups excluding carboxylic acids is 1. The Hall–Kier alpha value is -1.01. The van der Waals surface area contributed by atoms with Crippen molar-refractivity contribution in [1.82, 2.24) is 4.90 Å². The van der Waals surface area contributed by atoms with Gasteiger partial charge in [0.25, 0.3) is 0 Å². The van der Waals surface area contributed by atoms with Crippen LogP contribution >= 0.6 is 23.2 Å². The van der Waals surface area contributed by atoms with Gasteiger partial charge in [-0.1, -0.05) is 23.2 Å². The molecule has 1 fully saturated rings. The van der Waals surface area contributed by atoms with Gasteiger partial charge in [-0.2, -0.15) is 0 Å². The molecule has 122 valence electrons. The molecule has 0 bridgehead atoms. The van der Waals surface area contributed by atoms with Crippen molar-refractivity contribution in [3.63, 3.8) is 0 Å². The van der Waals surface area contributed by atoms with Crippen LogP contribution in [0.25, 0.3) is 0 Å². The molecule has 0 aliphatic carbocycles. The van der Waals surface area contributed by atoms with Gasteiger partial charge < -0.3 is 19.7 Å². The summed E-state index contributed by atoms with van der Waals surface area (Å²) in [6, 6.07) is 3.21. The van der Waals surface area contributed by atoms with Crippen LogP contribution in [0.15, 0.2) is 12.1 Å². The van der Waals surface area contributed by atoms with Crippen LogP contribution in [0, 0.1) is 6.92 Å². The molecule has 1 aromatic carbocycles. The highest BCUT2D eigenvalue weighted by molar-refractivity contribution is 6.36. The number of hydrogen-bond acceptors (Lipinski definition) is 3. The fourth-order valence-corrected chi connectivity index (χ4v) is 2.71. The number of amides is 2. The first-order valence-corrected chi connectivity index (χ1v) is 7.89. The Balaban J connectivity index is 1.89. The number of likely N-dealkylation sites (tertiary alicyclic amines) is 1. The van der Waals surface area contributed by atoms with Crippen LogP contribution in [0.4, 0.5) is 10.5 Å². The number of nitrogens with zero attached hydrogens (tertiary/aromatic N) is 1. The third-order valence-electron chi connectivity index (χ3n) is 3.56. The topological polar surface area (TPSA) is 50.8 Å². The van der Waals surface area contributed by atoms with Gasteiger partial charge in [-0.25, -0.2) is 4.79 Å². The van der Waals surface area contributed by atoms with Crippen molar-refractivity contribution in [1.29, 1.82) is 0 Å². The molecule has 7 heteroatoms. The Morgan fingerprint density at radius 1 is 1.36 bits per heavy atom. The number of urea groups is 1. The van der Waals surface area contributed by atoms with Gasteiger partial charge in [-0.05, 0) is 31.0 Å². The van der Waals surface area contributed by atoms with Gasteiger partial charge in [-0.15, -0.1) is 0 Å². The third-order valence-corrected chi connectivity index (χ3v) is 4.28. The molecule has 1 saturated heterocycles. The summed E-state index contributed by atoms with van der Waals surface area (Å²) in [6.07, 6.45) is 0.873. The Kier molecular flexibility index (Phi) is 6.32. The van der Waals surface area contributed by atoms with Crippen molar-refractivity contribution < 1.29 is 14.3 Å². The zero-order valence-corrected chi connectivity index (χ0v) is 14.2. The quantitative estimate of drug-likeness (QED) is 0.829. The third kappa shape index (κ3) is 4.49. The number of rotatable bonds is 5. The first kappa shape index (κ1) is 17.3. The van der Waals surface area contributed by atoms with E-state index < -0.39 is 0 Å². The molecule has 2 amide bonds. The molecular weight excluding hydrogens is 327 g/mol. The summed E-state index contributed by atoms with van der Waals surface area (Å²) < 4.78 is 10.6. The molecule has 5 nitrogen and oxygen atoms in total. The molecule has 1 aromatic rings. The monoisotopic (exact) mass is 346 g/mol. The minimum Gasteiger partial charge on any atom is -0.382 e. The first-order chi connectivity index (χ1) is 10.5. The van der Waals surface area contributed by atoms with E-state index in [0.717, 1.165) is 12.0 Å². The molecule has 0 radical (unpaired) electrons. The lowest BCUT2D eigenvalue weighted by Crippen LogP contribution is -2.34. The molecule has 0 saturated carbocycles. The predicted octanol–water partition coefficient (Wildman–Crippen LogP) is 3.57. The van der Waals surface area contributed by atoms with Crippen LogP contribution in [0.1, 0.15) is 12.0 Å². The molecule has 1 aliphatic rings. The summed E-state index contributed by atoms with van der Waals surface area (Å²) in [6.45, 7) is 4.17. The SMILES string of the molecule is COCCO[C@H]1CCN(C(=O)Nc2cc(Cl)c(C)cc2Cl)C1. The summed E-state index contributed by atoms with van der Waals surface area (Å²) in [5.74, 6) is 0. The molecule has 0 aromatic heterocycles. The van der Waals surface area contributed by atoms with Crippen molar-refractivity contribution in [2.24, 2.45) is 0 Å². The minimum absolute atomic E-state index is 0.0537. The van der Waals surface area contributed by atoms with E-state index in [4.69, 9.17) is 32.7 Å². The Morgan fingerprint density at radius 3 is 2.86 bits per heavy atom. The molecule has 1 aliphatic heterocycles. The van der Waals surface area contributed by atoms with E-state index in [9.17, 15) is 4.79 Å². The number of benzene rings is 1. The molecule has 1 N–H and O–H groups in total. The van der Waals surface area contributed by atoms with E-state index in [1.54, 1.807) is 24.1 Å². The second-order valence-electron chi connectivity index (χ2n) is 5.23. The number of methoxy groups -OCH3 is 1. The number of anilines is 1. The fraction of sp³-hybridized carbons (Fsp3) is 0.533. The van der Waals surface area contributed by atoms with Gasteiger partial charge in [0, 0.05) is 25.2 Å². The zero-order chi connectivity index (χ0) is 16.1. The lowest BCUT2D eigenvalue weighted by molar-refractivity contribution is 0.0239. The summed E-state index contributed by atoms with van der Waals surface area (Å²) in [7, 11) is 1.63. The highest BCUT2D eigenvalue weighted by Crippen LogP contribution is 2.29. The smallest absolute Gasteiger partial charge is 0.321 e. The standard InChI is InChI=1S/C15H20Cl2N2O3/c1-10-7-13(17)14(8-12(10)16)18-15(20)19-4-3-11(9-19)22-6-5-21-2/h7-8,11H,3-6,9H2,1-2H3,(H,18,20)/t11-/m0/s1.